The predicted octanol–water partition coefficient (Wildman–Crippen LogP) is 3.55. The summed E-state index contributed by atoms with van der Waals surface area (Å²) in [6.07, 6.45) is 0. The van der Waals surface area contributed by atoms with E-state index in [2.05, 4.69) is 5.32 Å². The Morgan fingerprint density at radius 3 is 2.75 bits per heavy atom. The number of fused-ring (bicyclic) bond motifs is 3. The number of nitrogens with two attached hydrogens (primary N) is 1. The summed E-state index contributed by atoms with van der Waals surface area (Å²) in [6.45, 7) is 1.76. The Morgan fingerprint density at radius 1 is 1.25 bits per heavy atom. The van der Waals surface area contributed by atoms with E-state index in [9.17, 15) is 9.18 Å². The summed E-state index contributed by atoms with van der Waals surface area (Å²) in [7, 11) is 0. The van der Waals surface area contributed by atoms with Gasteiger partial charge < -0.3 is 11.1 Å². The van der Waals surface area contributed by atoms with Gasteiger partial charge in [0.1, 0.15) is 5.82 Å². The molecule has 3 N–H and O–H groups in total. The minimum absolute atomic E-state index is 0. The Morgan fingerprint density at radius 2 is 2.00 bits per heavy atom. The van der Waals surface area contributed by atoms with Crippen LogP contribution in [0.3, 0.4) is 0 Å². The van der Waals surface area contributed by atoms with E-state index in [-0.39, 0.29) is 24.1 Å². The Balaban J connectivity index is 0.00000147. The Kier molecular flexibility index (Phi) is 3.68. The van der Waals surface area contributed by atoms with Gasteiger partial charge in [0.2, 0.25) is 5.91 Å². The molecule has 0 aromatic heterocycles. The molecule has 20 heavy (non-hydrogen) atoms. The number of amides is 1. The van der Waals surface area contributed by atoms with Crippen molar-refractivity contribution in [2.75, 3.05) is 11.1 Å². The standard InChI is InChI=1S/C15H13FN2O.ClH/c1-8-11-7-9(16)5-6-10(11)14-12(17)3-2-4-13(14)18-15(8)19;/h2-8H,17H2,1H3,(H,18,19);1H. The van der Waals surface area contributed by atoms with Crippen LogP contribution in [0.5, 0.6) is 0 Å². The molecule has 2 aromatic rings. The summed E-state index contributed by atoms with van der Waals surface area (Å²) in [5, 5.41) is 2.84. The molecule has 1 heterocycles. The fourth-order valence-corrected chi connectivity index (χ4v) is 2.48. The van der Waals surface area contributed by atoms with Gasteiger partial charge in [-0.3, -0.25) is 4.79 Å². The van der Waals surface area contributed by atoms with E-state index < -0.39 is 5.92 Å². The van der Waals surface area contributed by atoms with E-state index in [0.29, 0.717) is 16.9 Å². The highest BCUT2D eigenvalue weighted by Gasteiger charge is 2.26. The molecule has 1 aliphatic heterocycles. The summed E-state index contributed by atoms with van der Waals surface area (Å²) >= 11 is 0. The largest absolute Gasteiger partial charge is 0.398 e. The highest BCUT2D eigenvalue weighted by Crippen LogP contribution is 2.41. The first-order chi connectivity index (χ1) is 9.08. The molecule has 1 aliphatic rings. The first-order valence-corrected chi connectivity index (χ1v) is 6.07. The fourth-order valence-electron chi connectivity index (χ4n) is 2.48. The quantitative estimate of drug-likeness (QED) is 0.730. The second-order valence-corrected chi connectivity index (χ2v) is 4.71. The molecule has 3 rings (SSSR count). The second-order valence-electron chi connectivity index (χ2n) is 4.71. The topological polar surface area (TPSA) is 55.1 Å². The smallest absolute Gasteiger partial charge is 0.231 e. The summed E-state index contributed by atoms with van der Waals surface area (Å²) in [5.41, 5.74) is 9.47. The Bertz CT molecular complexity index is 688. The number of nitrogens with one attached hydrogen (secondary N) is 1. The minimum Gasteiger partial charge on any atom is -0.398 e. The van der Waals surface area contributed by atoms with E-state index in [1.165, 1.54) is 12.1 Å². The SMILES string of the molecule is CC1C(=O)Nc2cccc(N)c2-c2ccc(F)cc21.Cl. The van der Waals surface area contributed by atoms with E-state index in [1.807, 2.05) is 0 Å². The zero-order valence-corrected chi connectivity index (χ0v) is 11.6. The Hall–Kier alpha value is -2.07. The highest BCUT2D eigenvalue weighted by atomic mass is 35.5. The average molecular weight is 293 g/mol. The van der Waals surface area contributed by atoms with Crippen molar-refractivity contribution >= 4 is 29.7 Å². The Labute approximate surface area is 122 Å². The molecule has 0 bridgehead atoms. The number of rotatable bonds is 0. The van der Waals surface area contributed by atoms with Crippen LogP contribution in [0.25, 0.3) is 11.1 Å². The van der Waals surface area contributed by atoms with Crippen LogP contribution in [0.15, 0.2) is 36.4 Å². The van der Waals surface area contributed by atoms with Gasteiger partial charge in [-0.1, -0.05) is 12.1 Å². The van der Waals surface area contributed by atoms with Gasteiger partial charge in [0, 0.05) is 11.3 Å². The second kappa shape index (κ2) is 5.13. The van der Waals surface area contributed by atoms with Crippen LogP contribution in [0.2, 0.25) is 0 Å². The van der Waals surface area contributed by atoms with Crippen LogP contribution in [-0.2, 0) is 4.79 Å². The van der Waals surface area contributed by atoms with Crippen molar-refractivity contribution in [1.82, 2.24) is 0 Å². The molecular formula is C15H14ClFN2O. The van der Waals surface area contributed by atoms with Gasteiger partial charge in [0.15, 0.2) is 0 Å². The first-order valence-electron chi connectivity index (χ1n) is 6.07. The number of carbonyl (C=O) groups excluding carboxylic acids is 1. The number of nitrogen functional groups attached to an aromatic ring is 1. The van der Waals surface area contributed by atoms with Gasteiger partial charge in [-0.25, -0.2) is 4.39 Å². The maximum atomic E-state index is 13.4. The van der Waals surface area contributed by atoms with Crippen molar-refractivity contribution in [3.8, 4) is 11.1 Å². The lowest BCUT2D eigenvalue weighted by molar-refractivity contribution is -0.117. The molecule has 2 aromatic carbocycles. The summed E-state index contributed by atoms with van der Waals surface area (Å²) in [5.74, 6) is -0.926. The summed E-state index contributed by atoms with van der Waals surface area (Å²) in [6, 6.07) is 9.83. The monoisotopic (exact) mass is 292 g/mol. The van der Waals surface area contributed by atoms with E-state index in [4.69, 9.17) is 5.73 Å². The average Bonchev–Trinajstić information content (AvgIpc) is 2.48. The lowest BCUT2D eigenvalue weighted by Gasteiger charge is -2.12. The summed E-state index contributed by atoms with van der Waals surface area (Å²) in [4.78, 5) is 12.1. The molecule has 0 radical (unpaired) electrons. The molecule has 5 heteroatoms. The molecular weight excluding hydrogens is 279 g/mol. The molecule has 0 aliphatic carbocycles. The maximum absolute atomic E-state index is 13.4. The lowest BCUT2D eigenvalue weighted by atomic mass is 9.91. The van der Waals surface area contributed by atoms with E-state index in [1.54, 1.807) is 31.2 Å². The van der Waals surface area contributed by atoms with Crippen LogP contribution < -0.4 is 11.1 Å². The van der Waals surface area contributed by atoms with Crippen LogP contribution in [0, 0.1) is 5.82 Å². The van der Waals surface area contributed by atoms with Gasteiger partial charge in [0.05, 0.1) is 11.6 Å². The van der Waals surface area contributed by atoms with E-state index >= 15 is 0 Å². The van der Waals surface area contributed by atoms with Crippen molar-refractivity contribution in [3.63, 3.8) is 0 Å². The fraction of sp³-hybridized carbons (Fsp3) is 0.133. The van der Waals surface area contributed by atoms with Crippen molar-refractivity contribution in [2.45, 2.75) is 12.8 Å². The maximum Gasteiger partial charge on any atom is 0.231 e. The number of anilines is 2. The van der Waals surface area contributed by atoms with Crippen LogP contribution in [0.1, 0.15) is 18.4 Å². The number of halogens is 2. The third-order valence-corrected chi connectivity index (χ3v) is 3.50. The molecule has 1 unspecified atom stereocenters. The van der Waals surface area contributed by atoms with Crippen LogP contribution >= 0.6 is 12.4 Å². The molecule has 1 amide bonds. The molecule has 0 saturated heterocycles. The predicted molar refractivity (Wildman–Crippen MR) is 80.5 cm³/mol. The zero-order chi connectivity index (χ0) is 13.6. The normalized spacial score (nSPS) is 16.3. The highest BCUT2D eigenvalue weighted by molar-refractivity contribution is 6.05. The number of hydrogen-bond donors (Lipinski definition) is 2. The number of benzene rings is 2. The molecule has 0 saturated carbocycles. The number of carbonyl (C=O) groups is 1. The number of hydrogen-bond acceptors (Lipinski definition) is 2. The lowest BCUT2D eigenvalue weighted by Crippen LogP contribution is -2.17. The molecule has 1 atom stereocenters. The van der Waals surface area contributed by atoms with Gasteiger partial charge in [-0.05, 0) is 42.3 Å². The van der Waals surface area contributed by atoms with Crippen LogP contribution in [0.4, 0.5) is 15.8 Å². The van der Waals surface area contributed by atoms with Crippen molar-refractivity contribution in [2.24, 2.45) is 0 Å². The molecule has 0 fully saturated rings. The zero-order valence-electron chi connectivity index (χ0n) is 10.8. The van der Waals surface area contributed by atoms with Crippen molar-refractivity contribution < 1.29 is 9.18 Å². The van der Waals surface area contributed by atoms with Crippen molar-refractivity contribution in [3.05, 3.63) is 47.8 Å². The van der Waals surface area contributed by atoms with E-state index in [0.717, 1.165) is 11.1 Å². The third kappa shape index (κ3) is 2.12. The first kappa shape index (κ1) is 14.3. The van der Waals surface area contributed by atoms with Crippen LogP contribution in [-0.4, -0.2) is 5.91 Å². The van der Waals surface area contributed by atoms with Crippen molar-refractivity contribution in [1.29, 1.82) is 0 Å². The summed E-state index contributed by atoms with van der Waals surface area (Å²) < 4.78 is 13.4. The van der Waals surface area contributed by atoms with Gasteiger partial charge in [0.25, 0.3) is 0 Å². The molecule has 104 valence electrons. The van der Waals surface area contributed by atoms with Gasteiger partial charge >= 0.3 is 0 Å². The molecule has 0 spiro atoms. The van der Waals surface area contributed by atoms with Gasteiger partial charge in [-0.2, -0.15) is 0 Å². The third-order valence-electron chi connectivity index (χ3n) is 3.50. The minimum atomic E-state index is -0.419. The molecule has 3 nitrogen and oxygen atoms in total. The van der Waals surface area contributed by atoms with Gasteiger partial charge in [-0.15, -0.1) is 12.4 Å².